The fourth-order valence-corrected chi connectivity index (χ4v) is 3.60. The van der Waals surface area contributed by atoms with Crippen molar-refractivity contribution in [3.8, 4) is 5.69 Å². The van der Waals surface area contributed by atoms with Crippen LogP contribution in [0, 0.1) is 6.92 Å². The number of hydrogen-bond acceptors (Lipinski definition) is 5. The van der Waals surface area contributed by atoms with Gasteiger partial charge in [0.25, 0.3) is 0 Å². The largest absolute Gasteiger partial charge is 0.346 e. The van der Waals surface area contributed by atoms with E-state index in [4.69, 9.17) is 0 Å². The molecule has 0 fully saturated rings. The number of carbonyl (C=O) groups is 1. The molecule has 2 heterocycles. The fourth-order valence-electron chi connectivity index (χ4n) is 2.86. The van der Waals surface area contributed by atoms with Gasteiger partial charge < -0.3 is 10.3 Å². The molecule has 0 radical (unpaired) electrons. The highest BCUT2D eigenvalue weighted by molar-refractivity contribution is 7.99. The Hall–Kier alpha value is -3.13. The van der Waals surface area contributed by atoms with E-state index < -0.39 is 0 Å². The quantitative estimate of drug-likeness (QED) is 0.491. The molecule has 2 N–H and O–H groups in total. The van der Waals surface area contributed by atoms with Crippen LogP contribution in [-0.2, 0) is 4.79 Å². The first-order valence-electron chi connectivity index (χ1n) is 8.94. The van der Waals surface area contributed by atoms with Crippen molar-refractivity contribution in [1.82, 2.24) is 30.0 Å². The van der Waals surface area contributed by atoms with Crippen LogP contribution in [0.4, 0.5) is 0 Å². The van der Waals surface area contributed by atoms with Gasteiger partial charge in [0.2, 0.25) is 5.91 Å². The summed E-state index contributed by atoms with van der Waals surface area (Å²) in [6.07, 6.45) is 1.65. The predicted octanol–water partition coefficient (Wildman–Crippen LogP) is 3.42. The summed E-state index contributed by atoms with van der Waals surface area (Å²) in [5.74, 6) is 0.897. The Morgan fingerprint density at radius 3 is 2.79 bits per heavy atom. The van der Waals surface area contributed by atoms with E-state index in [1.165, 1.54) is 17.3 Å². The van der Waals surface area contributed by atoms with Gasteiger partial charge in [0.1, 0.15) is 12.2 Å². The second-order valence-corrected chi connectivity index (χ2v) is 7.48. The van der Waals surface area contributed by atoms with Gasteiger partial charge in [-0.15, -0.1) is 10.2 Å². The number of H-pyrrole nitrogens is 1. The summed E-state index contributed by atoms with van der Waals surface area (Å²) >= 11 is 1.35. The molecule has 0 spiro atoms. The number of thioether (sulfide) groups is 1. The highest BCUT2D eigenvalue weighted by atomic mass is 32.2. The van der Waals surface area contributed by atoms with Gasteiger partial charge in [-0.1, -0.05) is 41.6 Å². The molecule has 2 aromatic heterocycles. The average Bonchev–Trinajstić information content (AvgIpc) is 3.34. The van der Waals surface area contributed by atoms with E-state index >= 15 is 0 Å². The molecule has 0 saturated heterocycles. The number of rotatable bonds is 6. The van der Waals surface area contributed by atoms with Crippen LogP contribution in [-0.4, -0.2) is 36.4 Å². The molecular formula is C20H20N6OS. The maximum atomic E-state index is 12.4. The third kappa shape index (κ3) is 3.91. The van der Waals surface area contributed by atoms with Crippen LogP contribution < -0.4 is 5.32 Å². The lowest BCUT2D eigenvalue weighted by atomic mass is 10.2. The molecule has 8 heteroatoms. The zero-order chi connectivity index (χ0) is 19.5. The molecular weight excluding hydrogens is 372 g/mol. The summed E-state index contributed by atoms with van der Waals surface area (Å²) in [7, 11) is 0. The molecule has 7 nitrogen and oxygen atoms in total. The molecule has 0 aliphatic carbocycles. The van der Waals surface area contributed by atoms with Crippen molar-refractivity contribution in [2.45, 2.75) is 25.0 Å². The van der Waals surface area contributed by atoms with E-state index in [0.29, 0.717) is 5.16 Å². The summed E-state index contributed by atoms with van der Waals surface area (Å²) in [6, 6.07) is 15.7. The van der Waals surface area contributed by atoms with Crippen molar-refractivity contribution in [3.63, 3.8) is 0 Å². The minimum absolute atomic E-state index is 0.0867. The number of carbonyl (C=O) groups excluding carboxylic acids is 1. The molecule has 142 valence electrons. The number of hydrogen-bond donors (Lipinski definition) is 2. The summed E-state index contributed by atoms with van der Waals surface area (Å²) in [5.41, 5.74) is 4.00. The Kier molecular flexibility index (Phi) is 5.12. The number of nitrogens with zero attached hydrogens (tertiary/aromatic N) is 4. The Morgan fingerprint density at radius 2 is 2.00 bits per heavy atom. The second-order valence-electron chi connectivity index (χ2n) is 6.54. The highest BCUT2D eigenvalue weighted by Crippen LogP contribution is 2.20. The van der Waals surface area contributed by atoms with Gasteiger partial charge in [0, 0.05) is 5.69 Å². The van der Waals surface area contributed by atoms with Crippen LogP contribution >= 0.6 is 11.8 Å². The topological polar surface area (TPSA) is 88.5 Å². The lowest BCUT2D eigenvalue weighted by Crippen LogP contribution is -2.29. The van der Waals surface area contributed by atoms with E-state index in [9.17, 15) is 4.79 Å². The molecule has 1 atom stereocenters. The molecule has 0 saturated carbocycles. The first-order valence-corrected chi connectivity index (χ1v) is 9.92. The molecule has 4 rings (SSSR count). The minimum atomic E-state index is -0.213. The Labute approximate surface area is 166 Å². The Balaban J connectivity index is 1.38. The number of fused-ring (bicyclic) bond motifs is 1. The monoisotopic (exact) mass is 392 g/mol. The Bertz CT molecular complexity index is 1070. The van der Waals surface area contributed by atoms with Crippen molar-refractivity contribution >= 4 is 28.7 Å². The third-order valence-corrected chi connectivity index (χ3v) is 5.30. The number of para-hydroxylation sites is 2. The van der Waals surface area contributed by atoms with Gasteiger partial charge >= 0.3 is 0 Å². The van der Waals surface area contributed by atoms with Gasteiger partial charge in [-0.25, -0.2) is 4.98 Å². The second kappa shape index (κ2) is 7.85. The lowest BCUT2D eigenvalue weighted by molar-refractivity contribution is -0.119. The van der Waals surface area contributed by atoms with Crippen LogP contribution in [0.5, 0.6) is 0 Å². The van der Waals surface area contributed by atoms with Crippen molar-refractivity contribution in [1.29, 1.82) is 0 Å². The van der Waals surface area contributed by atoms with E-state index in [2.05, 4.69) is 25.5 Å². The third-order valence-electron chi connectivity index (χ3n) is 4.36. The predicted molar refractivity (Wildman–Crippen MR) is 109 cm³/mol. The number of benzene rings is 2. The average molecular weight is 392 g/mol. The fraction of sp³-hybridized carbons (Fsp3) is 0.200. The standard InChI is InChI=1S/C20H20N6OS/c1-13-7-9-15(10-8-13)26-12-21-25-20(26)28-11-18(27)22-14(2)19-23-16-5-3-4-6-17(16)24-19/h3-10,12,14H,11H2,1-2H3,(H,22,27)(H,23,24). The van der Waals surface area contributed by atoms with Gasteiger partial charge in [-0.05, 0) is 38.1 Å². The maximum absolute atomic E-state index is 12.4. The molecule has 0 aliphatic heterocycles. The lowest BCUT2D eigenvalue weighted by Gasteiger charge is -2.11. The number of aromatic nitrogens is 5. The van der Waals surface area contributed by atoms with E-state index in [-0.39, 0.29) is 17.7 Å². The number of nitrogens with one attached hydrogen (secondary N) is 2. The van der Waals surface area contributed by atoms with Gasteiger partial charge in [0.15, 0.2) is 5.16 Å². The number of aromatic amines is 1. The van der Waals surface area contributed by atoms with E-state index in [0.717, 1.165) is 22.5 Å². The summed E-state index contributed by atoms with van der Waals surface area (Å²) in [6.45, 7) is 3.95. The Morgan fingerprint density at radius 1 is 1.21 bits per heavy atom. The molecule has 28 heavy (non-hydrogen) atoms. The molecule has 1 amide bonds. The zero-order valence-electron chi connectivity index (χ0n) is 15.6. The molecule has 2 aromatic carbocycles. The van der Waals surface area contributed by atoms with E-state index in [1.54, 1.807) is 6.33 Å². The first kappa shape index (κ1) is 18.2. The van der Waals surface area contributed by atoms with Crippen LogP contribution in [0.25, 0.3) is 16.7 Å². The van der Waals surface area contributed by atoms with Gasteiger partial charge in [-0.2, -0.15) is 0 Å². The summed E-state index contributed by atoms with van der Waals surface area (Å²) in [5, 5.41) is 11.8. The molecule has 0 aliphatic rings. The van der Waals surface area contributed by atoms with Crippen LogP contribution in [0.1, 0.15) is 24.4 Å². The first-order chi connectivity index (χ1) is 13.6. The van der Waals surface area contributed by atoms with E-state index in [1.807, 2.05) is 66.9 Å². The van der Waals surface area contributed by atoms with Gasteiger partial charge in [0.05, 0.1) is 22.8 Å². The molecule has 0 bridgehead atoms. The van der Waals surface area contributed by atoms with Crippen LogP contribution in [0.3, 0.4) is 0 Å². The van der Waals surface area contributed by atoms with Crippen molar-refractivity contribution in [2.24, 2.45) is 0 Å². The normalized spacial score (nSPS) is 12.2. The van der Waals surface area contributed by atoms with Gasteiger partial charge in [-0.3, -0.25) is 9.36 Å². The number of imidazole rings is 1. The molecule has 1 unspecified atom stereocenters. The highest BCUT2D eigenvalue weighted by Gasteiger charge is 2.15. The number of aryl methyl sites for hydroxylation is 1. The van der Waals surface area contributed by atoms with Crippen molar-refractivity contribution in [3.05, 3.63) is 66.2 Å². The summed E-state index contributed by atoms with van der Waals surface area (Å²) < 4.78 is 1.88. The minimum Gasteiger partial charge on any atom is -0.346 e. The SMILES string of the molecule is Cc1ccc(-n2cnnc2SCC(=O)NC(C)c2nc3ccccc3[nH]2)cc1. The van der Waals surface area contributed by atoms with Crippen molar-refractivity contribution in [2.75, 3.05) is 5.75 Å². The van der Waals surface area contributed by atoms with Crippen LogP contribution in [0.2, 0.25) is 0 Å². The summed E-state index contributed by atoms with van der Waals surface area (Å²) in [4.78, 5) is 20.2. The van der Waals surface area contributed by atoms with Crippen molar-refractivity contribution < 1.29 is 4.79 Å². The maximum Gasteiger partial charge on any atom is 0.231 e. The van der Waals surface area contributed by atoms with Crippen LogP contribution in [0.15, 0.2) is 60.0 Å². The smallest absolute Gasteiger partial charge is 0.231 e. The molecule has 4 aromatic rings. The number of amides is 1. The zero-order valence-corrected chi connectivity index (χ0v) is 16.4.